The molecule has 0 spiro atoms. The summed E-state index contributed by atoms with van der Waals surface area (Å²) in [4.78, 5) is 4.91. The van der Waals surface area contributed by atoms with E-state index in [9.17, 15) is 0 Å². The minimum atomic E-state index is 0.720. The van der Waals surface area contributed by atoms with Gasteiger partial charge in [-0.1, -0.05) is 18.2 Å². The van der Waals surface area contributed by atoms with Gasteiger partial charge in [-0.25, -0.2) is 0 Å². The van der Waals surface area contributed by atoms with E-state index in [2.05, 4.69) is 70.0 Å². The second kappa shape index (κ2) is 6.62. The molecule has 0 N–H and O–H groups in total. The molecule has 0 bridgehead atoms. The Balaban J connectivity index is 1.42. The molecule has 25 heavy (non-hydrogen) atoms. The van der Waals surface area contributed by atoms with Crippen LogP contribution in [0.4, 0.5) is 5.69 Å². The van der Waals surface area contributed by atoms with Gasteiger partial charge in [0.2, 0.25) is 0 Å². The normalized spacial score (nSPS) is 15.4. The van der Waals surface area contributed by atoms with Crippen LogP contribution in [0.3, 0.4) is 0 Å². The van der Waals surface area contributed by atoms with Gasteiger partial charge >= 0.3 is 0 Å². The summed E-state index contributed by atoms with van der Waals surface area (Å²) < 4.78 is 2.36. The lowest BCUT2D eigenvalue weighted by atomic mass is 10.2. The molecule has 1 aliphatic rings. The molecule has 2 aromatic carbocycles. The molecule has 1 fully saturated rings. The van der Waals surface area contributed by atoms with Crippen molar-refractivity contribution in [2.75, 3.05) is 31.1 Å². The number of nitriles is 1. The summed E-state index contributed by atoms with van der Waals surface area (Å²) in [5.41, 5.74) is 4.58. The van der Waals surface area contributed by atoms with E-state index in [1.54, 1.807) is 0 Å². The maximum absolute atomic E-state index is 8.92. The predicted octanol–water partition coefficient (Wildman–Crippen LogP) is 3.60. The number of hydrogen-bond acceptors (Lipinski definition) is 3. The van der Waals surface area contributed by atoms with Crippen LogP contribution >= 0.6 is 0 Å². The quantitative estimate of drug-likeness (QED) is 0.736. The van der Waals surface area contributed by atoms with Crippen molar-refractivity contribution in [3.8, 4) is 6.07 Å². The van der Waals surface area contributed by atoms with E-state index in [4.69, 9.17) is 5.26 Å². The van der Waals surface area contributed by atoms with Gasteiger partial charge in [0, 0.05) is 49.0 Å². The van der Waals surface area contributed by atoms with Crippen molar-refractivity contribution in [1.29, 1.82) is 5.26 Å². The fraction of sp³-hybridized carbons (Fsp3) is 0.286. The van der Waals surface area contributed by atoms with Crippen molar-refractivity contribution in [1.82, 2.24) is 9.47 Å². The number of aromatic nitrogens is 1. The number of benzene rings is 2. The summed E-state index contributed by atoms with van der Waals surface area (Å²) in [5.74, 6) is 0. The van der Waals surface area contributed by atoms with Crippen LogP contribution in [0, 0.1) is 18.3 Å². The van der Waals surface area contributed by atoms with Crippen molar-refractivity contribution < 1.29 is 0 Å². The third-order valence-electron chi connectivity index (χ3n) is 5.07. The number of para-hydroxylation sites is 1. The lowest BCUT2D eigenvalue weighted by Gasteiger charge is -2.36. The van der Waals surface area contributed by atoms with Crippen LogP contribution in [-0.4, -0.2) is 35.6 Å². The van der Waals surface area contributed by atoms with Gasteiger partial charge in [0.05, 0.1) is 18.3 Å². The maximum atomic E-state index is 8.92. The molecule has 1 saturated heterocycles. The molecule has 0 saturated carbocycles. The summed E-state index contributed by atoms with van der Waals surface area (Å²) in [6, 6.07) is 18.7. The molecule has 3 aromatic rings. The highest BCUT2D eigenvalue weighted by Gasteiger charge is 2.18. The largest absolute Gasteiger partial charge is 0.369 e. The molecule has 0 atom stereocenters. The van der Waals surface area contributed by atoms with Crippen LogP contribution in [0.1, 0.15) is 11.1 Å². The van der Waals surface area contributed by atoms with E-state index in [1.807, 2.05) is 12.1 Å². The number of rotatable bonds is 3. The van der Waals surface area contributed by atoms with Crippen LogP contribution in [0.15, 0.2) is 54.7 Å². The number of anilines is 1. The highest BCUT2D eigenvalue weighted by atomic mass is 15.3. The van der Waals surface area contributed by atoms with E-state index >= 15 is 0 Å². The van der Waals surface area contributed by atoms with Crippen LogP contribution in [0.25, 0.3) is 10.9 Å². The highest BCUT2D eigenvalue weighted by Crippen LogP contribution is 2.22. The maximum Gasteiger partial charge on any atom is 0.0991 e. The van der Waals surface area contributed by atoms with Crippen LogP contribution < -0.4 is 4.90 Å². The summed E-state index contributed by atoms with van der Waals surface area (Å²) >= 11 is 0. The van der Waals surface area contributed by atoms with Gasteiger partial charge < -0.3 is 9.47 Å². The molecule has 1 aliphatic heterocycles. The number of hydrogen-bond donors (Lipinski definition) is 0. The third kappa shape index (κ3) is 3.11. The van der Waals surface area contributed by atoms with Gasteiger partial charge in [0.1, 0.15) is 0 Å². The minimum Gasteiger partial charge on any atom is -0.369 e. The number of piperazine rings is 1. The standard InChI is InChI=1S/C21H22N4/c1-17-15-25(21-5-3-2-4-20(17)21)16-23-10-12-24(13-11-23)19-8-6-18(14-22)7-9-19/h2-9,15H,10-13,16H2,1H3. The number of nitrogens with zero attached hydrogens (tertiary/aromatic N) is 4. The first-order valence-corrected chi connectivity index (χ1v) is 8.76. The van der Waals surface area contributed by atoms with Gasteiger partial charge in [-0.05, 0) is 42.8 Å². The molecule has 1 aromatic heterocycles. The molecule has 0 unspecified atom stereocenters. The molecule has 0 radical (unpaired) electrons. The van der Waals surface area contributed by atoms with Crippen LogP contribution in [-0.2, 0) is 6.67 Å². The van der Waals surface area contributed by atoms with Gasteiger partial charge in [0.25, 0.3) is 0 Å². The van der Waals surface area contributed by atoms with E-state index in [0.29, 0.717) is 0 Å². The van der Waals surface area contributed by atoms with E-state index in [0.717, 1.165) is 38.4 Å². The van der Waals surface area contributed by atoms with Crippen molar-refractivity contribution in [3.63, 3.8) is 0 Å². The fourth-order valence-corrected chi connectivity index (χ4v) is 3.66. The van der Waals surface area contributed by atoms with E-state index < -0.39 is 0 Å². The molecule has 4 rings (SSSR count). The zero-order valence-corrected chi connectivity index (χ0v) is 14.5. The smallest absolute Gasteiger partial charge is 0.0991 e. The lowest BCUT2D eigenvalue weighted by Crippen LogP contribution is -2.46. The van der Waals surface area contributed by atoms with Crippen LogP contribution in [0.2, 0.25) is 0 Å². The molecule has 0 amide bonds. The lowest BCUT2D eigenvalue weighted by molar-refractivity contribution is 0.209. The summed E-state index contributed by atoms with van der Waals surface area (Å²) in [7, 11) is 0. The average Bonchev–Trinajstić information content (AvgIpc) is 2.98. The van der Waals surface area contributed by atoms with Crippen molar-refractivity contribution >= 4 is 16.6 Å². The van der Waals surface area contributed by atoms with Gasteiger partial charge in [-0.15, -0.1) is 0 Å². The van der Waals surface area contributed by atoms with Crippen molar-refractivity contribution in [2.45, 2.75) is 13.6 Å². The van der Waals surface area contributed by atoms with Gasteiger partial charge in [-0.3, -0.25) is 4.90 Å². The Morgan fingerprint density at radius 2 is 1.68 bits per heavy atom. The topological polar surface area (TPSA) is 35.2 Å². The monoisotopic (exact) mass is 330 g/mol. The Morgan fingerprint density at radius 3 is 2.40 bits per heavy atom. The first-order valence-electron chi connectivity index (χ1n) is 8.76. The molecule has 0 aliphatic carbocycles. The zero-order chi connectivity index (χ0) is 17.2. The molecule has 2 heterocycles. The SMILES string of the molecule is Cc1cn(CN2CCN(c3ccc(C#N)cc3)CC2)c2ccccc12. The predicted molar refractivity (Wildman–Crippen MR) is 102 cm³/mol. The van der Waals surface area contributed by atoms with Gasteiger partial charge in [-0.2, -0.15) is 5.26 Å². The molecular weight excluding hydrogens is 308 g/mol. The molecule has 4 nitrogen and oxygen atoms in total. The molecular formula is C21H22N4. The Bertz CT molecular complexity index is 909. The zero-order valence-electron chi connectivity index (χ0n) is 14.5. The Morgan fingerprint density at radius 1 is 0.960 bits per heavy atom. The fourth-order valence-electron chi connectivity index (χ4n) is 3.66. The molecule has 4 heteroatoms. The van der Waals surface area contributed by atoms with E-state index in [1.165, 1.54) is 22.2 Å². The Hall–Kier alpha value is -2.77. The first-order chi connectivity index (χ1) is 12.2. The number of aryl methyl sites for hydroxylation is 1. The van der Waals surface area contributed by atoms with Crippen molar-refractivity contribution in [2.24, 2.45) is 0 Å². The minimum absolute atomic E-state index is 0.720. The average molecular weight is 330 g/mol. The number of fused-ring (bicyclic) bond motifs is 1. The third-order valence-corrected chi connectivity index (χ3v) is 5.07. The Labute approximate surface area is 148 Å². The second-order valence-corrected chi connectivity index (χ2v) is 6.70. The summed E-state index contributed by atoms with van der Waals surface area (Å²) in [6.07, 6.45) is 2.26. The first kappa shape index (κ1) is 15.7. The second-order valence-electron chi connectivity index (χ2n) is 6.70. The molecule has 126 valence electrons. The summed E-state index contributed by atoms with van der Waals surface area (Å²) in [6.45, 7) is 7.25. The Kier molecular flexibility index (Phi) is 4.17. The van der Waals surface area contributed by atoms with E-state index in [-0.39, 0.29) is 0 Å². The highest BCUT2D eigenvalue weighted by molar-refractivity contribution is 5.83. The van der Waals surface area contributed by atoms with Crippen molar-refractivity contribution in [3.05, 3.63) is 65.9 Å². The summed E-state index contributed by atoms with van der Waals surface area (Å²) in [5, 5.41) is 10.3. The van der Waals surface area contributed by atoms with Crippen LogP contribution in [0.5, 0.6) is 0 Å². The van der Waals surface area contributed by atoms with Gasteiger partial charge in [0.15, 0.2) is 0 Å².